The molecule has 0 N–H and O–H groups in total. The Morgan fingerprint density at radius 3 is 3.00 bits per heavy atom. The summed E-state index contributed by atoms with van der Waals surface area (Å²) in [7, 11) is 0. The van der Waals surface area contributed by atoms with Crippen LogP contribution in [0.1, 0.15) is 30.5 Å². The maximum absolute atomic E-state index is 10.5. The summed E-state index contributed by atoms with van der Waals surface area (Å²) >= 11 is 0. The highest BCUT2D eigenvalue weighted by Gasteiger charge is 2.21. The Balaban J connectivity index is 2.03. The van der Waals surface area contributed by atoms with Crippen molar-refractivity contribution >= 4 is 12.7 Å². The predicted molar refractivity (Wildman–Crippen MR) is 84.9 cm³/mol. The van der Waals surface area contributed by atoms with Gasteiger partial charge < -0.3 is 9.15 Å². The molecule has 22 heavy (non-hydrogen) atoms. The van der Waals surface area contributed by atoms with E-state index in [-0.39, 0.29) is 6.61 Å². The normalized spacial score (nSPS) is 16.6. The molecule has 1 aliphatic heterocycles. The second kappa shape index (κ2) is 6.18. The molecular formula is C18H19NO3. The van der Waals surface area contributed by atoms with Crippen LogP contribution in [0.4, 0.5) is 0 Å². The van der Waals surface area contributed by atoms with E-state index < -0.39 is 0 Å². The van der Waals surface area contributed by atoms with Gasteiger partial charge in [-0.3, -0.25) is 9.79 Å². The van der Waals surface area contributed by atoms with Crippen molar-refractivity contribution in [2.45, 2.75) is 32.9 Å². The van der Waals surface area contributed by atoms with E-state index in [4.69, 9.17) is 9.15 Å². The fraction of sp³-hybridized carbons (Fsp3) is 0.333. The lowest BCUT2D eigenvalue weighted by molar-refractivity contribution is -0.129. The first kappa shape index (κ1) is 14.6. The number of benzene rings is 1. The van der Waals surface area contributed by atoms with Crippen LogP contribution in [0.3, 0.4) is 0 Å². The van der Waals surface area contributed by atoms with E-state index in [2.05, 4.69) is 24.9 Å². The van der Waals surface area contributed by atoms with Crippen molar-refractivity contribution in [3.05, 3.63) is 47.2 Å². The molecule has 1 aromatic carbocycles. The van der Waals surface area contributed by atoms with Crippen LogP contribution in [0.5, 0.6) is 0 Å². The minimum atomic E-state index is 0.230. The maximum atomic E-state index is 10.5. The second-order valence-corrected chi connectivity index (χ2v) is 5.89. The lowest BCUT2D eigenvalue weighted by Gasteiger charge is -2.23. The van der Waals surface area contributed by atoms with Gasteiger partial charge in [-0.05, 0) is 47.7 Å². The van der Waals surface area contributed by atoms with Gasteiger partial charge in [0.15, 0.2) is 0 Å². The summed E-state index contributed by atoms with van der Waals surface area (Å²) in [5.74, 6) is 1.30. The summed E-state index contributed by atoms with van der Waals surface area (Å²) in [5, 5.41) is 0. The Bertz CT molecular complexity index is 687. The van der Waals surface area contributed by atoms with E-state index in [1.807, 2.05) is 24.4 Å². The van der Waals surface area contributed by atoms with Gasteiger partial charge in [-0.1, -0.05) is 13.8 Å². The van der Waals surface area contributed by atoms with E-state index >= 15 is 0 Å². The summed E-state index contributed by atoms with van der Waals surface area (Å²) in [6, 6.07) is 8.27. The van der Waals surface area contributed by atoms with Gasteiger partial charge in [0.25, 0.3) is 6.47 Å². The standard InChI is InChI=1S/C18H19NO3/c1-12(2)17-8-13-7-16(18-4-3-5-22-18)15(10-21-11-20)6-14(13)9-19-17/h3-7,9,11-12,17H,8,10H2,1-2H3. The van der Waals surface area contributed by atoms with Crippen LogP contribution in [0.15, 0.2) is 39.9 Å². The number of aliphatic imine (C=N–C) groups is 1. The third-order valence-electron chi connectivity index (χ3n) is 4.06. The molecule has 0 amide bonds. The van der Waals surface area contributed by atoms with Crippen LogP contribution in [0.25, 0.3) is 11.3 Å². The van der Waals surface area contributed by atoms with Crippen molar-refractivity contribution in [1.29, 1.82) is 0 Å². The van der Waals surface area contributed by atoms with Crippen LogP contribution in [-0.4, -0.2) is 18.7 Å². The number of nitrogens with zero attached hydrogens (tertiary/aromatic N) is 1. The fourth-order valence-corrected chi connectivity index (χ4v) is 2.77. The molecule has 1 aliphatic rings. The van der Waals surface area contributed by atoms with Crippen molar-refractivity contribution in [2.75, 3.05) is 0 Å². The molecule has 1 atom stereocenters. The molecule has 0 spiro atoms. The van der Waals surface area contributed by atoms with Gasteiger partial charge in [0, 0.05) is 17.3 Å². The first-order chi connectivity index (χ1) is 10.7. The highest BCUT2D eigenvalue weighted by molar-refractivity contribution is 5.85. The number of hydrogen-bond acceptors (Lipinski definition) is 4. The zero-order chi connectivity index (χ0) is 15.5. The molecule has 0 aliphatic carbocycles. The van der Waals surface area contributed by atoms with Gasteiger partial charge in [0.2, 0.25) is 0 Å². The van der Waals surface area contributed by atoms with Crippen molar-refractivity contribution < 1.29 is 13.9 Å². The molecule has 0 fully saturated rings. The van der Waals surface area contributed by atoms with Crippen molar-refractivity contribution in [3.63, 3.8) is 0 Å². The highest BCUT2D eigenvalue weighted by Crippen LogP contribution is 2.31. The molecule has 3 rings (SSSR count). The zero-order valence-corrected chi connectivity index (χ0v) is 12.8. The molecule has 0 saturated carbocycles. The molecule has 4 nitrogen and oxygen atoms in total. The number of carbonyl (C=O) groups excluding carboxylic acids is 1. The average Bonchev–Trinajstić information content (AvgIpc) is 3.05. The van der Waals surface area contributed by atoms with Crippen LogP contribution >= 0.6 is 0 Å². The maximum Gasteiger partial charge on any atom is 0.293 e. The monoisotopic (exact) mass is 297 g/mol. The highest BCUT2D eigenvalue weighted by atomic mass is 16.5. The van der Waals surface area contributed by atoms with Crippen LogP contribution in [0.2, 0.25) is 0 Å². The summed E-state index contributed by atoms with van der Waals surface area (Å²) in [4.78, 5) is 15.1. The van der Waals surface area contributed by atoms with E-state index in [0.717, 1.165) is 28.9 Å². The molecule has 2 aromatic rings. The van der Waals surface area contributed by atoms with E-state index in [0.29, 0.717) is 18.4 Å². The fourth-order valence-electron chi connectivity index (χ4n) is 2.77. The van der Waals surface area contributed by atoms with Crippen molar-refractivity contribution in [3.8, 4) is 11.3 Å². The van der Waals surface area contributed by atoms with Gasteiger partial charge in [-0.15, -0.1) is 0 Å². The van der Waals surface area contributed by atoms with E-state index in [9.17, 15) is 4.79 Å². The number of furan rings is 1. The van der Waals surface area contributed by atoms with Gasteiger partial charge in [-0.25, -0.2) is 0 Å². The molecule has 4 heteroatoms. The van der Waals surface area contributed by atoms with E-state index in [1.54, 1.807) is 6.26 Å². The summed E-state index contributed by atoms with van der Waals surface area (Å²) in [6.07, 6.45) is 4.50. The van der Waals surface area contributed by atoms with Gasteiger partial charge in [0.1, 0.15) is 12.4 Å². The van der Waals surface area contributed by atoms with Crippen LogP contribution in [-0.2, 0) is 22.6 Å². The Hall–Kier alpha value is -2.36. The quantitative estimate of drug-likeness (QED) is 0.792. The minimum absolute atomic E-state index is 0.230. The molecule has 0 radical (unpaired) electrons. The first-order valence-corrected chi connectivity index (χ1v) is 7.47. The number of hydrogen-bond donors (Lipinski definition) is 0. The van der Waals surface area contributed by atoms with Gasteiger partial charge in [0.05, 0.1) is 12.3 Å². The topological polar surface area (TPSA) is 51.8 Å². The van der Waals surface area contributed by atoms with Crippen LogP contribution in [0, 0.1) is 5.92 Å². The molecule has 2 heterocycles. The second-order valence-electron chi connectivity index (χ2n) is 5.89. The van der Waals surface area contributed by atoms with E-state index in [1.165, 1.54) is 5.56 Å². The Labute approximate surface area is 129 Å². The zero-order valence-electron chi connectivity index (χ0n) is 12.8. The average molecular weight is 297 g/mol. The first-order valence-electron chi connectivity index (χ1n) is 7.47. The molecular weight excluding hydrogens is 278 g/mol. The summed E-state index contributed by atoms with van der Waals surface area (Å²) < 4.78 is 10.5. The van der Waals surface area contributed by atoms with Gasteiger partial charge in [-0.2, -0.15) is 0 Å². The van der Waals surface area contributed by atoms with Crippen molar-refractivity contribution in [2.24, 2.45) is 10.9 Å². The summed E-state index contributed by atoms with van der Waals surface area (Å²) in [5.41, 5.74) is 4.25. The summed E-state index contributed by atoms with van der Waals surface area (Å²) in [6.45, 7) is 5.07. The third-order valence-corrected chi connectivity index (χ3v) is 4.06. The Kier molecular flexibility index (Phi) is 4.09. The number of rotatable bonds is 5. The van der Waals surface area contributed by atoms with Crippen LogP contribution < -0.4 is 0 Å². The van der Waals surface area contributed by atoms with Gasteiger partial charge >= 0.3 is 0 Å². The number of fused-ring (bicyclic) bond motifs is 1. The minimum Gasteiger partial charge on any atom is -0.464 e. The lowest BCUT2D eigenvalue weighted by atomic mass is 9.88. The number of ether oxygens (including phenoxy) is 1. The largest absolute Gasteiger partial charge is 0.464 e. The molecule has 1 unspecified atom stereocenters. The molecule has 114 valence electrons. The molecule has 1 aromatic heterocycles. The lowest BCUT2D eigenvalue weighted by Crippen LogP contribution is -2.21. The third kappa shape index (κ3) is 2.82. The van der Waals surface area contributed by atoms with Crippen molar-refractivity contribution in [1.82, 2.24) is 0 Å². The predicted octanol–water partition coefficient (Wildman–Crippen LogP) is 3.62. The Morgan fingerprint density at radius 1 is 1.45 bits per heavy atom. The SMILES string of the molecule is CC(C)C1Cc2cc(-c3ccco3)c(COC=O)cc2C=N1. The number of carbonyl (C=O) groups is 1. The molecule has 0 bridgehead atoms. The molecule has 0 saturated heterocycles. The smallest absolute Gasteiger partial charge is 0.293 e. The Morgan fingerprint density at radius 2 is 2.32 bits per heavy atom.